The minimum Gasteiger partial charge on any atom is -0.311 e. The topological polar surface area (TPSA) is 101 Å². The first-order valence-electron chi connectivity index (χ1n) is 3.83. The second-order valence-corrected chi connectivity index (χ2v) is 4.60. The maximum absolute atomic E-state index is 11.7. The van der Waals surface area contributed by atoms with Gasteiger partial charge < -0.3 is 9.05 Å². The number of azide groups is 1. The number of carbonyl (C=O) groups excluding carboxylic acids is 1. The Balaban J connectivity index is 5.08. The second kappa shape index (κ2) is 5.78. The van der Waals surface area contributed by atoms with Gasteiger partial charge in [0.2, 0.25) is 0 Å². The van der Waals surface area contributed by atoms with Gasteiger partial charge >= 0.3 is 7.60 Å². The van der Waals surface area contributed by atoms with Crippen molar-refractivity contribution < 1.29 is 18.4 Å². The molecule has 14 heavy (non-hydrogen) atoms. The van der Waals surface area contributed by atoms with Gasteiger partial charge in [-0.2, -0.15) is 0 Å². The van der Waals surface area contributed by atoms with Gasteiger partial charge in [0.05, 0.1) is 0 Å². The van der Waals surface area contributed by atoms with Crippen molar-refractivity contribution in [3.05, 3.63) is 10.4 Å². The van der Waals surface area contributed by atoms with Crippen molar-refractivity contribution in [2.75, 3.05) is 14.2 Å². The second-order valence-electron chi connectivity index (χ2n) is 2.30. The Morgan fingerprint density at radius 1 is 1.57 bits per heavy atom. The Labute approximate surface area is 81.5 Å². The molecule has 0 spiro atoms. The van der Waals surface area contributed by atoms with E-state index in [0.29, 0.717) is 0 Å². The molecule has 7 nitrogen and oxygen atoms in total. The lowest BCUT2D eigenvalue weighted by Gasteiger charge is -2.18. The van der Waals surface area contributed by atoms with E-state index in [1.54, 1.807) is 6.92 Å². The number of Topliss-reactive ketones (excluding diaryl/α,β-unsaturated/α-hetero) is 1. The number of hydrogen-bond donors (Lipinski definition) is 0. The van der Waals surface area contributed by atoms with Crippen LogP contribution in [0.4, 0.5) is 0 Å². The highest BCUT2D eigenvalue weighted by atomic mass is 31.2. The lowest BCUT2D eigenvalue weighted by Crippen LogP contribution is -2.19. The van der Waals surface area contributed by atoms with Crippen molar-refractivity contribution in [1.29, 1.82) is 0 Å². The van der Waals surface area contributed by atoms with Crippen LogP contribution in [0, 0.1) is 0 Å². The van der Waals surface area contributed by atoms with E-state index in [0.717, 1.165) is 14.2 Å². The molecule has 0 radical (unpaired) electrons. The fourth-order valence-electron chi connectivity index (χ4n) is 0.810. The summed E-state index contributed by atoms with van der Waals surface area (Å²) in [5.41, 5.74) is 8.21. The highest BCUT2D eigenvalue weighted by Gasteiger charge is 2.37. The van der Waals surface area contributed by atoms with Crippen LogP contribution in [0.25, 0.3) is 10.4 Å². The van der Waals surface area contributed by atoms with Crippen LogP contribution in [-0.4, -0.2) is 25.8 Å². The zero-order chi connectivity index (χ0) is 11.2. The quantitative estimate of drug-likeness (QED) is 0.296. The van der Waals surface area contributed by atoms with Crippen LogP contribution >= 0.6 is 7.60 Å². The molecule has 0 rings (SSSR count). The van der Waals surface area contributed by atoms with Crippen LogP contribution in [0.2, 0.25) is 0 Å². The summed E-state index contributed by atoms with van der Waals surface area (Å²) in [5, 5.41) is 3.13. The predicted molar refractivity (Wildman–Crippen MR) is 49.9 cm³/mol. The van der Waals surface area contributed by atoms with Gasteiger partial charge in [0.15, 0.2) is 11.6 Å². The average Bonchev–Trinajstić information content (AvgIpc) is 2.23. The van der Waals surface area contributed by atoms with Gasteiger partial charge in [-0.15, -0.1) is 0 Å². The first kappa shape index (κ1) is 13.1. The number of rotatable bonds is 6. The molecule has 0 bridgehead atoms. The number of carbonyl (C=O) groups is 1. The molecule has 0 aromatic carbocycles. The van der Waals surface area contributed by atoms with Crippen molar-refractivity contribution in [1.82, 2.24) is 0 Å². The minimum absolute atomic E-state index is 0.0976. The molecule has 0 aliphatic rings. The monoisotopic (exact) mass is 221 g/mol. The van der Waals surface area contributed by atoms with Gasteiger partial charge in [0, 0.05) is 25.6 Å². The molecular formula is C6H12N3O4P. The van der Waals surface area contributed by atoms with Gasteiger partial charge in [0.1, 0.15) is 0 Å². The van der Waals surface area contributed by atoms with E-state index in [-0.39, 0.29) is 6.42 Å². The lowest BCUT2D eigenvalue weighted by atomic mass is 10.3. The van der Waals surface area contributed by atoms with Crippen molar-refractivity contribution in [3.8, 4) is 0 Å². The van der Waals surface area contributed by atoms with E-state index >= 15 is 0 Å². The van der Waals surface area contributed by atoms with E-state index in [9.17, 15) is 9.36 Å². The Morgan fingerprint density at radius 2 is 2.07 bits per heavy atom. The fourth-order valence-corrected chi connectivity index (χ4v) is 2.07. The van der Waals surface area contributed by atoms with Gasteiger partial charge in [0.25, 0.3) is 0 Å². The predicted octanol–water partition coefficient (Wildman–Crippen LogP) is 2.09. The summed E-state index contributed by atoms with van der Waals surface area (Å²) in [6.07, 6.45) is 0.0976. The van der Waals surface area contributed by atoms with Crippen LogP contribution in [0.5, 0.6) is 0 Å². The first-order chi connectivity index (χ1) is 6.55. The van der Waals surface area contributed by atoms with E-state index < -0.39 is 19.2 Å². The SMILES string of the molecule is CCC(=O)C(N=[N+]=[N-])P(=O)(OC)OC. The first-order valence-corrected chi connectivity index (χ1v) is 5.45. The summed E-state index contributed by atoms with van der Waals surface area (Å²) in [7, 11) is -1.39. The Kier molecular flexibility index (Phi) is 5.42. The van der Waals surface area contributed by atoms with Crippen molar-refractivity contribution in [2.24, 2.45) is 5.11 Å². The molecule has 0 saturated heterocycles. The summed E-state index contributed by atoms with van der Waals surface area (Å²) >= 11 is 0. The molecule has 80 valence electrons. The van der Waals surface area contributed by atoms with E-state index in [2.05, 4.69) is 19.1 Å². The summed E-state index contributed by atoms with van der Waals surface area (Å²) in [5.74, 6) is -1.87. The fraction of sp³-hybridized carbons (Fsp3) is 0.833. The third-order valence-corrected chi connectivity index (χ3v) is 3.61. The maximum Gasteiger partial charge on any atom is 0.346 e. The van der Waals surface area contributed by atoms with E-state index in [4.69, 9.17) is 5.53 Å². The molecule has 0 heterocycles. The Bertz CT molecular complexity index is 291. The van der Waals surface area contributed by atoms with Crippen LogP contribution in [0.15, 0.2) is 5.11 Å². The average molecular weight is 221 g/mol. The van der Waals surface area contributed by atoms with Crippen LogP contribution in [0.3, 0.4) is 0 Å². The lowest BCUT2D eigenvalue weighted by molar-refractivity contribution is -0.118. The summed E-state index contributed by atoms with van der Waals surface area (Å²) in [4.78, 5) is 13.7. The molecule has 0 aromatic heterocycles. The molecule has 1 atom stereocenters. The molecule has 0 aliphatic carbocycles. The van der Waals surface area contributed by atoms with Crippen LogP contribution in [0.1, 0.15) is 13.3 Å². The molecular weight excluding hydrogens is 209 g/mol. The minimum atomic E-state index is -3.65. The summed E-state index contributed by atoms with van der Waals surface area (Å²) in [6.45, 7) is 1.57. The number of nitrogens with zero attached hydrogens (tertiary/aromatic N) is 3. The van der Waals surface area contributed by atoms with Crippen molar-refractivity contribution in [2.45, 2.75) is 19.1 Å². The van der Waals surface area contributed by atoms with Gasteiger partial charge in [-0.1, -0.05) is 12.0 Å². The molecule has 0 saturated carbocycles. The van der Waals surface area contributed by atoms with Gasteiger partial charge in [-0.05, 0) is 5.53 Å². The highest BCUT2D eigenvalue weighted by Crippen LogP contribution is 2.52. The highest BCUT2D eigenvalue weighted by molar-refractivity contribution is 7.55. The Morgan fingerprint density at radius 3 is 2.36 bits per heavy atom. The van der Waals surface area contributed by atoms with Gasteiger partial charge in [-0.3, -0.25) is 9.36 Å². The zero-order valence-electron chi connectivity index (χ0n) is 8.21. The normalized spacial score (nSPS) is 13.1. The van der Waals surface area contributed by atoms with Gasteiger partial charge in [-0.25, -0.2) is 0 Å². The van der Waals surface area contributed by atoms with E-state index in [1.165, 1.54) is 0 Å². The van der Waals surface area contributed by atoms with Crippen LogP contribution < -0.4 is 0 Å². The van der Waals surface area contributed by atoms with E-state index in [1.807, 2.05) is 0 Å². The molecule has 0 aromatic rings. The smallest absolute Gasteiger partial charge is 0.311 e. The third kappa shape index (κ3) is 2.82. The zero-order valence-corrected chi connectivity index (χ0v) is 9.10. The third-order valence-electron chi connectivity index (χ3n) is 1.61. The number of hydrogen-bond acceptors (Lipinski definition) is 5. The molecule has 1 unspecified atom stereocenters. The Hall–Kier alpha value is -0.870. The number of ketones is 1. The molecule has 0 aliphatic heterocycles. The standard InChI is InChI=1S/C6H12N3O4P/c1-4-5(10)6(8-9-7)14(11,12-2)13-3/h6H,4H2,1-3H3. The largest absolute Gasteiger partial charge is 0.346 e. The maximum atomic E-state index is 11.7. The molecule has 8 heteroatoms. The summed E-state index contributed by atoms with van der Waals surface area (Å²) < 4.78 is 20.9. The summed E-state index contributed by atoms with van der Waals surface area (Å²) in [6, 6.07) is 0. The molecule has 0 fully saturated rings. The van der Waals surface area contributed by atoms with Crippen molar-refractivity contribution in [3.63, 3.8) is 0 Å². The van der Waals surface area contributed by atoms with Crippen LogP contribution in [-0.2, 0) is 18.4 Å². The van der Waals surface area contributed by atoms with Crippen molar-refractivity contribution >= 4 is 13.4 Å². The molecule has 0 N–H and O–H groups in total. The molecule has 0 amide bonds.